The summed E-state index contributed by atoms with van der Waals surface area (Å²) in [7, 11) is 0. The van der Waals surface area contributed by atoms with E-state index in [1.165, 1.54) is 30.6 Å². The molecule has 1 aliphatic heterocycles. The molecule has 1 aromatic carbocycles. The quantitative estimate of drug-likeness (QED) is 0.738. The first-order valence-electron chi connectivity index (χ1n) is 10.3. The third-order valence-electron chi connectivity index (χ3n) is 5.93. The molecule has 4 atom stereocenters. The van der Waals surface area contributed by atoms with Crippen molar-refractivity contribution in [2.24, 2.45) is 23.5 Å². The van der Waals surface area contributed by atoms with Crippen molar-refractivity contribution in [2.45, 2.75) is 65.1 Å². The number of carbonyl (C=O) groups excluding carboxylic acids is 1. The molecular formula is C22H37Cl2N3O. The molecule has 3 N–H and O–H groups in total. The minimum Gasteiger partial charge on any atom is -0.352 e. The van der Waals surface area contributed by atoms with Crippen LogP contribution in [0.4, 0.5) is 0 Å². The van der Waals surface area contributed by atoms with Crippen molar-refractivity contribution in [3.8, 4) is 0 Å². The zero-order valence-electron chi connectivity index (χ0n) is 17.2. The molecule has 0 spiro atoms. The Morgan fingerprint density at radius 1 is 1.04 bits per heavy atom. The van der Waals surface area contributed by atoms with Gasteiger partial charge < -0.3 is 11.1 Å². The maximum Gasteiger partial charge on any atom is 0.223 e. The lowest BCUT2D eigenvalue weighted by Crippen LogP contribution is -2.38. The van der Waals surface area contributed by atoms with Crippen LogP contribution in [0.2, 0.25) is 0 Å². The molecule has 1 aliphatic carbocycles. The maximum absolute atomic E-state index is 12.3. The van der Waals surface area contributed by atoms with Gasteiger partial charge in [0.2, 0.25) is 5.91 Å². The lowest BCUT2D eigenvalue weighted by molar-refractivity contribution is -0.126. The highest BCUT2D eigenvalue weighted by atomic mass is 35.5. The number of nitrogens with two attached hydrogens (primary N) is 1. The molecule has 4 unspecified atom stereocenters. The fourth-order valence-electron chi connectivity index (χ4n) is 4.74. The molecule has 0 aromatic heterocycles. The van der Waals surface area contributed by atoms with Crippen molar-refractivity contribution in [2.75, 3.05) is 13.1 Å². The van der Waals surface area contributed by atoms with E-state index in [2.05, 4.69) is 48.3 Å². The minimum atomic E-state index is 0. The van der Waals surface area contributed by atoms with E-state index in [0.29, 0.717) is 6.54 Å². The van der Waals surface area contributed by atoms with Crippen molar-refractivity contribution in [1.82, 2.24) is 10.2 Å². The number of nitrogens with one attached hydrogen (secondary N) is 1. The highest BCUT2D eigenvalue weighted by Crippen LogP contribution is 2.24. The molecular weight excluding hydrogens is 393 g/mol. The number of likely N-dealkylation sites (tertiary alicyclic amines) is 1. The zero-order chi connectivity index (χ0) is 18.5. The summed E-state index contributed by atoms with van der Waals surface area (Å²) in [6.07, 6.45) is 5.28. The number of benzene rings is 1. The van der Waals surface area contributed by atoms with E-state index in [9.17, 15) is 4.79 Å². The second-order valence-electron chi connectivity index (χ2n) is 8.80. The Hall–Kier alpha value is -0.810. The molecule has 1 saturated heterocycles. The summed E-state index contributed by atoms with van der Waals surface area (Å²) in [6, 6.07) is 8.92. The summed E-state index contributed by atoms with van der Waals surface area (Å²) in [5.41, 5.74) is 8.53. The van der Waals surface area contributed by atoms with Crippen LogP contribution in [-0.4, -0.2) is 29.9 Å². The van der Waals surface area contributed by atoms with Crippen molar-refractivity contribution >= 4 is 30.7 Å². The third kappa shape index (κ3) is 7.55. The first kappa shape index (κ1) is 25.2. The van der Waals surface area contributed by atoms with Gasteiger partial charge in [-0.3, -0.25) is 9.69 Å². The average molecular weight is 430 g/mol. The van der Waals surface area contributed by atoms with Crippen LogP contribution in [-0.2, 0) is 17.9 Å². The Labute approximate surface area is 182 Å². The van der Waals surface area contributed by atoms with Crippen LogP contribution in [0.15, 0.2) is 24.3 Å². The summed E-state index contributed by atoms with van der Waals surface area (Å²) in [5, 5.41) is 3.10. The van der Waals surface area contributed by atoms with Crippen LogP contribution in [0.5, 0.6) is 0 Å². The number of piperidine rings is 1. The van der Waals surface area contributed by atoms with Gasteiger partial charge in [-0.1, -0.05) is 44.5 Å². The highest BCUT2D eigenvalue weighted by Gasteiger charge is 2.25. The van der Waals surface area contributed by atoms with E-state index in [1.807, 2.05) is 0 Å². The molecule has 28 heavy (non-hydrogen) atoms. The van der Waals surface area contributed by atoms with E-state index in [0.717, 1.165) is 44.1 Å². The molecule has 0 bridgehead atoms. The molecule has 6 heteroatoms. The summed E-state index contributed by atoms with van der Waals surface area (Å²) in [4.78, 5) is 14.9. The number of hydrogen-bond acceptors (Lipinski definition) is 3. The molecule has 1 saturated carbocycles. The van der Waals surface area contributed by atoms with Crippen LogP contribution < -0.4 is 11.1 Å². The third-order valence-corrected chi connectivity index (χ3v) is 5.93. The summed E-state index contributed by atoms with van der Waals surface area (Å²) in [6.45, 7) is 8.75. The predicted molar refractivity (Wildman–Crippen MR) is 121 cm³/mol. The van der Waals surface area contributed by atoms with Gasteiger partial charge >= 0.3 is 0 Å². The molecule has 1 heterocycles. The van der Waals surface area contributed by atoms with Gasteiger partial charge in [0.25, 0.3) is 0 Å². The monoisotopic (exact) mass is 429 g/mol. The van der Waals surface area contributed by atoms with E-state index in [-0.39, 0.29) is 42.7 Å². The second kappa shape index (κ2) is 12.0. The van der Waals surface area contributed by atoms with Crippen molar-refractivity contribution in [3.05, 3.63) is 35.4 Å². The lowest BCUT2D eigenvalue weighted by atomic mass is 9.85. The van der Waals surface area contributed by atoms with E-state index >= 15 is 0 Å². The number of nitrogens with zero attached hydrogens (tertiary/aromatic N) is 1. The topological polar surface area (TPSA) is 58.4 Å². The predicted octanol–water partition coefficient (Wildman–Crippen LogP) is 4.14. The minimum absolute atomic E-state index is 0. The van der Waals surface area contributed by atoms with Gasteiger partial charge in [-0.2, -0.15) is 0 Å². The van der Waals surface area contributed by atoms with Crippen LogP contribution in [0.1, 0.15) is 57.1 Å². The van der Waals surface area contributed by atoms with Crippen LogP contribution in [0.3, 0.4) is 0 Å². The fraction of sp³-hybridized carbons (Fsp3) is 0.682. The largest absolute Gasteiger partial charge is 0.352 e. The number of halogens is 2. The van der Waals surface area contributed by atoms with E-state index in [4.69, 9.17) is 5.73 Å². The van der Waals surface area contributed by atoms with E-state index in [1.54, 1.807) is 0 Å². The molecule has 2 aliphatic rings. The van der Waals surface area contributed by atoms with Gasteiger partial charge in [0.15, 0.2) is 0 Å². The van der Waals surface area contributed by atoms with Gasteiger partial charge in [0, 0.05) is 38.1 Å². The molecule has 1 amide bonds. The normalized spacial score (nSPS) is 28.0. The Balaban J connectivity index is 0.00000196. The highest BCUT2D eigenvalue weighted by molar-refractivity contribution is 5.85. The van der Waals surface area contributed by atoms with Gasteiger partial charge in [-0.15, -0.1) is 24.8 Å². The summed E-state index contributed by atoms with van der Waals surface area (Å²) >= 11 is 0. The molecule has 0 radical (unpaired) electrons. The first-order chi connectivity index (χ1) is 12.5. The summed E-state index contributed by atoms with van der Waals surface area (Å²) < 4.78 is 0. The zero-order valence-corrected chi connectivity index (χ0v) is 18.9. The standard InChI is InChI=1S/C22H35N3O.2ClH/c1-16-10-17(2)14-25(13-16)15-19-8-6-18(7-9-19)12-24-22(26)20-4-3-5-21(23)11-20;;/h6-9,16-17,20-21H,3-5,10-15,23H2,1-2H3,(H,24,26);2*1H. The molecule has 160 valence electrons. The molecule has 1 aromatic rings. The Morgan fingerprint density at radius 3 is 2.25 bits per heavy atom. The Bertz CT molecular complexity index is 586. The van der Waals surface area contributed by atoms with Crippen LogP contribution >= 0.6 is 24.8 Å². The molecule has 4 nitrogen and oxygen atoms in total. The number of amides is 1. The lowest BCUT2D eigenvalue weighted by Gasteiger charge is -2.35. The van der Waals surface area contributed by atoms with Crippen molar-refractivity contribution in [1.29, 1.82) is 0 Å². The fourth-order valence-corrected chi connectivity index (χ4v) is 4.74. The Morgan fingerprint density at radius 2 is 1.64 bits per heavy atom. The number of carbonyl (C=O) groups is 1. The molecule has 3 rings (SSSR count). The number of hydrogen-bond donors (Lipinski definition) is 2. The smallest absolute Gasteiger partial charge is 0.223 e. The van der Waals surface area contributed by atoms with Gasteiger partial charge in [-0.05, 0) is 48.6 Å². The van der Waals surface area contributed by atoms with Crippen molar-refractivity contribution < 1.29 is 4.79 Å². The van der Waals surface area contributed by atoms with Gasteiger partial charge in [0.1, 0.15) is 0 Å². The Kier molecular flexibility index (Phi) is 10.8. The average Bonchev–Trinajstić information content (AvgIpc) is 2.60. The number of rotatable bonds is 5. The maximum atomic E-state index is 12.3. The summed E-state index contributed by atoms with van der Waals surface area (Å²) in [5.74, 6) is 1.85. The first-order valence-corrected chi connectivity index (χ1v) is 10.3. The van der Waals surface area contributed by atoms with Crippen molar-refractivity contribution in [3.63, 3.8) is 0 Å². The SMILES string of the molecule is CC1CC(C)CN(Cc2ccc(CNC(=O)C3CCCC(N)C3)cc2)C1.Cl.Cl. The van der Waals surface area contributed by atoms with Gasteiger partial charge in [-0.25, -0.2) is 0 Å². The van der Waals surface area contributed by atoms with E-state index < -0.39 is 0 Å². The molecule has 2 fully saturated rings. The van der Waals surface area contributed by atoms with Crippen LogP contribution in [0.25, 0.3) is 0 Å². The second-order valence-corrected chi connectivity index (χ2v) is 8.80. The van der Waals surface area contributed by atoms with Crippen LogP contribution in [0, 0.1) is 17.8 Å². The van der Waals surface area contributed by atoms with Gasteiger partial charge in [0.05, 0.1) is 0 Å².